The first-order valence-corrected chi connectivity index (χ1v) is 5.47. The van der Waals surface area contributed by atoms with Crippen LogP contribution in [0.3, 0.4) is 0 Å². The van der Waals surface area contributed by atoms with E-state index in [9.17, 15) is 13.6 Å². The topological polar surface area (TPSA) is 53.3 Å². The standard InChI is InChI=1S/C12H10F2N2O2/c13-9-5-8(7-15)6-10(14)11(9)12(17)16-3-1-2-4-18-16/h5-6H,1-4H2. The van der Waals surface area contributed by atoms with Gasteiger partial charge in [-0.05, 0) is 25.0 Å². The Morgan fingerprint density at radius 2 is 2.00 bits per heavy atom. The second-order valence-corrected chi connectivity index (χ2v) is 3.87. The first-order valence-electron chi connectivity index (χ1n) is 5.47. The molecule has 1 fully saturated rings. The average Bonchev–Trinajstić information content (AvgIpc) is 2.38. The highest BCUT2D eigenvalue weighted by Gasteiger charge is 2.26. The summed E-state index contributed by atoms with van der Waals surface area (Å²) in [6.07, 6.45) is 1.54. The molecule has 0 atom stereocenters. The van der Waals surface area contributed by atoms with Gasteiger partial charge in [-0.25, -0.2) is 13.8 Å². The molecule has 2 rings (SSSR count). The molecule has 0 unspecified atom stereocenters. The van der Waals surface area contributed by atoms with Gasteiger partial charge in [-0.2, -0.15) is 5.26 Å². The second kappa shape index (κ2) is 5.10. The van der Waals surface area contributed by atoms with E-state index in [1.54, 1.807) is 6.07 Å². The Hall–Kier alpha value is -2.00. The summed E-state index contributed by atoms with van der Waals surface area (Å²) < 4.78 is 27.2. The predicted molar refractivity (Wildman–Crippen MR) is 57.3 cm³/mol. The van der Waals surface area contributed by atoms with E-state index >= 15 is 0 Å². The first kappa shape index (κ1) is 12.5. The molecule has 0 radical (unpaired) electrons. The van der Waals surface area contributed by atoms with Crippen LogP contribution in [0, 0.1) is 23.0 Å². The van der Waals surface area contributed by atoms with Gasteiger partial charge in [-0.15, -0.1) is 0 Å². The molecule has 4 nitrogen and oxygen atoms in total. The number of nitriles is 1. The summed E-state index contributed by atoms with van der Waals surface area (Å²) in [6, 6.07) is 3.29. The Labute approximate surface area is 102 Å². The number of hydrogen-bond donors (Lipinski definition) is 0. The Morgan fingerprint density at radius 1 is 1.33 bits per heavy atom. The molecule has 0 aromatic heterocycles. The summed E-state index contributed by atoms with van der Waals surface area (Å²) in [5.74, 6) is -2.95. The summed E-state index contributed by atoms with van der Waals surface area (Å²) in [4.78, 5) is 16.9. The SMILES string of the molecule is N#Cc1cc(F)c(C(=O)N2CCCCO2)c(F)c1. The Kier molecular flexibility index (Phi) is 3.53. The van der Waals surface area contributed by atoms with Crippen molar-refractivity contribution in [3.63, 3.8) is 0 Å². The normalized spacial score (nSPS) is 15.3. The van der Waals surface area contributed by atoms with Crippen LogP contribution in [0.25, 0.3) is 0 Å². The zero-order valence-corrected chi connectivity index (χ0v) is 9.45. The molecule has 1 aliphatic heterocycles. The molecule has 0 bridgehead atoms. The van der Waals surface area contributed by atoms with E-state index < -0.39 is 23.1 Å². The van der Waals surface area contributed by atoms with Crippen LogP contribution in [0.5, 0.6) is 0 Å². The van der Waals surface area contributed by atoms with E-state index in [0.717, 1.165) is 30.0 Å². The number of carbonyl (C=O) groups is 1. The van der Waals surface area contributed by atoms with Gasteiger partial charge in [0.25, 0.3) is 5.91 Å². The third kappa shape index (κ3) is 2.31. The maximum atomic E-state index is 13.6. The Balaban J connectivity index is 2.33. The number of amides is 1. The minimum Gasteiger partial charge on any atom is -0.271 e. The smallest absolute Gasteiger partial charge is 0.271 e. The second-order valence-electron chi connectivity index (χ2n) is 3.87. The molecule has 6 heteroatoms. The van der Waals surface area contributed by atoms with Gasteiger partial charge in [-0.1, -0.05) is 0 Å². The third-order valence-electron chi connectivity index (χ3n) is 2.61. The minimum absolute atomic E-state index is 0.166. The van der Waals surface area contributed by atoms with Crippen LogP contribution in [-0.4, -0.2) is 24.1 Å². The third-order valence-corrected chi connectivity index (χ3v) is 2.61. The van der Waals surface area contributed by atoms with Crippen LogP contribution in [0.15, 0.2) is 12.1 Å². The molecule has 94 valence electrons. The van der Waals surface area contributed by atoms with Gasteiger partial charge in [0, 0.05) is 6.54 Å². The van der Waals surface area contributed by atoms with Gasteiger partial charge < -0.3 is 0 Å². The van der Waals surface area contributed by atoms with Crippen molar-refractivity contribution in [1.29, 1.82) is 5.26 Å². The number of hydrogen-bond acceptors (Lipinski definition) is 3. The molecule has 1 aromatic carbocycles. The van der Waals surface area contributed by atoms with Crippen LogP contribution >= 0.6 is 0 Å². The number of hydroxylamine groups is 2. The van der Waals surface area contributed by atoms with Crippen molar-refractivity contribution in [2.45, 2.75) is 12.8 Å². The predicted octanol–water partition coefficient (Wildman–Crippen LogP) is 2.00. The summed E-state index contributed by atoms with van der Waals surface area (Å²) >= 11 is 0. The molecule has 18 heavy (non-hydrogen) atoms. The maximum absolute atomic E-state index is 13.6. The van der Waals surface area contributed by atoms with E-state index in [1.165, 1.54) is 0 Å². The zero-order chi connectivity index (χ0) is 13.1. The van der Waals surface area contributed by atoms with Crippen LogP contribution in [0.4, 0.5) is 8.78 Å². The lowest BCUT2D eigenvalue weighted by atomic mass is 10.1. The molecule has 1 saturated heterocycles. The Bertz CT molecular complexity index is 496. The summed E-state index contributed by atoms with van der Waals surface area (Å²) in [7, 11) is 0. The van der Waals surface area contributed by atoms with Gasteiger partial charge in [0.2, 0.25) is 0 Å². The lowest BCUT2D eigenvalue weighted by Gasteiger charge is -2.26. The number of rotatable bonds is 1. The molecule has 0 spiro atoms. The van der Waals surface area contributed by atoms with Crippen molar-refractivity contribution >= 4 is 5.91 Å². The highest BCUT2D eigenvalue weighted by Crippen LogP contribution is 2.19. The molecule has 0 saturated carbocycles. The molecule has 0 aliphatic carbocycles. The van der Waals surface area contributed by atoms with Gasteiger partial charge in [0.05, 0.1) is 18.2 Å². The number of benzene rings is 1. The van der Waals surface area contributed by atoms with Crippen molar-refractivity contribution in [2.24, 2.45) is 0 Å². The largest absolute Gasteiger partial charge is 0.283 e. The lowest BCUT2D eigenvalue weighted by Crippen LogP contribution is -2.36. The fourth-order valence-electron chi connectivity index (χ4n) is 1.72. The zero-order valence-electron chi connectivity index (χ0n) is 9.45. The monoisotopic (exact) mass is 252 g/mol. The Morgan fingerprint density at radius 3 is 2.50 bits per heavy atom. The fraction of sp³-hybridized carbons (Fsp3) is 0.333. The fourth-order valence-corrected chi connectivity index (χ4v) is 1.72. The van der Waals surface area contributed by atoms with E-state index in [4.69, 9.17) is 10.1 Å². The highest BCUT2D eigenvalue weighted by atomic mass is 19.1. The lowest BCUT2D eigenvalue weighted by molar-refractivity contribution is -0.144. The van der Waals surface area contributed by atoms with Gasteiger partial charge >= 0.3 is 0 Å². The molecule has 1 amide bonds. The quantitative estimate of drug-likeness (QED) is 0.768. The number of nitrogens with zero attached hydrogens (tertiary/aromatic N) is 2. The maximum Gasteiger partial charge on any atom is 0.283 e. The van der Waals surface area contributed by atoms with Crippen LogP contribution in [-0.2, 0) is 4.84 Å². The van der Waals surface area contributed by atoms with E-state index in [-0.39, 0.29) is 5.56 Å². The molecular weight excluding hydrogens is 242 g/mol. The number of halogens is 2. The van der Waals surface area contributed by atoms with Crippen LogP contribution in [0.1, 0.15) is 28.8 Å². The van der Waals surface area contributed by atoms with Gasteiger partial charge in [0.15, 0.2) is 0 Å². The van der Waals surface area contributed by atoms with E-state index in [0.29, 0.717) is 13.2 Å². The van der Waals surface area contributed by atoms with E-state index in [2.05, 4.69) is 0 Å². The van der Waals surface area contributed by atoms with Crippen molar-refractivity contribution in [3.8, 4) is 6.07 Å². The molecule has 1 aliphatic rings. The number of carbonyl (C=O) groups excluding carboxylic acids is 1. The first-order chi connectivity index (χ1) is 8.63. The highest BCUT2D eigenvalue weighted by molar-refractivity contribution is 5.94. The van der Waals surface area contributed by atoms with Crippen LogP contribution < -0.4 is 0 Å². The molecule has 1 aromatic rings. The summed E-state index contributed by atoms with van der Waals surface area (Å²) in [5.41, 5.74) is -0.850. The van der Waals surface area contributed by atoms with E-state index in [1.807, 2.05) is 0 Å². The van der Waals surface area contributed by atoms with Gasteiger partial charge in [0.1, 0.15) is 17.2 Å². The van der Waals surface area contributed by atoms with Crippen molar-refractivity contribution in [2.75, 3.05) is 13.2 Å². The minimum atomic E-state index is -1.05. The molecular formula is C12H10F2N2O2. The van der Waals surface area contributed by atoms with Crippen molar-refractivity contribution < 1.29 is 18.4 Å². The van der Waals surface area contributed by atoms with Crippen molar-refractivity contribution in [3.05, 3.63) is 34.9 Å². The van der Waals surface area contributed by atoms with Crippen molar-refractivity contribution in [1.82, 2.24) is 5.06 Å². The summed E-state index contributed by atoms with van der Waals surface area (Å²) in [5, 5.41) is 9.52. The average molecular weight is 252 g/mol. The molecule has 1 heterocycles. The summed E-state index contributed by atoms with van der Waals surface area (Å²) in [6.45, 7) is 0.656. The molecule has 0 N–H and O–H groups in total. The van der Waals surface area contributed by atoms with Crippen LogP contribution in [0.2, 0.25) is 0 Å². The van der Waals surface area contributed by atoms with Gasteiger partial charge in [-0.3, -0.25) is 9.63 Å².